The van der Waals surface area contributed by atoms with Crippen LogP contribution in [-0.4, -0.2) is 30.8 Å². The Labute approximate surface area is 141 Å². The van der Waals surface area contributed by atoms with Crippen LogP contribution in [-0.2, 0) is 14.3 Å². The van der Waals surface area contributed by atoms with Gasteiger partial charge in [0.2, 0.25) is 5.91 Å². The zero-order chi connectivity index (χ0) is 16.9. The van der Waals surface area contributed by atoms with Gasteiger partial charge >= 0.3 is 5.97 Å². The molecule has 5 heteroatoms. The van der Waals surface area contributed by atoms with Crippen molar-refractivity contribution < 1.29 is 19.1 Å². The number of anilines is 1. The Hall–Kier alpha value is -2.43. The van der Waals surface area contributed by atoms with E-state index in [-0.39, 0.29) is 30.2 Å². The van der Waals surface area contributed by atoms with E-state index in [0.29, 0.717) is 18.4 Å². The number of benzene rings is 1. The number of ketones is 1. The number of esters is 1. The third-order valence-electron chi connectivity index (χ3n) is 4.52. The minimum absolute atomic E-state index is 0.115. The zero-order valence-corrected chi connectivity index (χ0v) is 13.6. The number of hydrogen-bond donors (Lipinski definition) is 0. The van der Waals surface area contributed by atoms with E-state index in [1.165, 1.54) is 0 Å². The molecule has 1 aromatic carbocycles. The highest BCUT2D eigenvalue weighted by molar-refractivity contribution is 5.99. The van der Waals surface area contributed by atoms with Crippen LogP contribution in [0.2, 0.25) is 0 Å². The molecule has 1 aliphatic carbocycles. The number of ether oxygens (including phenoxy) is 1. The van der Waals surface area contributed by atoms with Gasteiger partial charge in [0, 0.05) is 24.2 Å². The van der Waals surface area contributed by atoms with Gasteiger partial charge in [-0.15, -0.1) is 0 Å². The van der Waals surface area contributed by atoms with Crippen LogP contribution in [0.1, 0.15) is 42.5 Å². The summed E-state index contributed by atoms with van der Waals surface area (Å²) >= 11 is 0. The van der Waals surface area contributed by atoms with Gasteiger partial charge in [-0.3, -0.25) is 14.4 Å². The van der Waals surface area contributed by atoms with E-state index in [2.05, 4.69) is 6.08 Å². The predicted octanol–water partition coefficient (Wildman–Crippen LogP) is 2.90. The fourth-order valence-electron chi connectivity index (χ4n) is 3.09. The molecule has 1 heterocycles. The van der Waals surface area contributed by atoms with E-state index in [0.717, 1.165) is 31.5 Å². The molecule has 1 atom stereocenters. The quantitative estimate of drug-likeness (QED) is 0.474. The van der Waals surface area contributed by atoms with Gasteiger partial charge in [0.1, 0.15) is 0 Å². The Morgan fingerprint density at radius 1 is 1.17 bits per heavy atom. The number of carbonyl (C=O) groups is 3. The molecule has 1 aromatic rings. The van der Waals surface area contributed by atoms with Crippen molar-refractivity contribution in [2.24, 2.45) is 5.92 Å². The van der Waals surface area contributed by atoms with Crippen LogP contribution in [0, 0.1) is 5.92 Å². The molecule has 0 N–H and O–H groups in total. The van der Waals surface area contributed by atoms with Gasteiger partial charge in [-0.1, -0.05) is 12.2 Å². The Balaban J connectivity index is 1.54. The van der Waals surface area contributed by atoms with E-state index in [4.69, 9.17) is 4.74 Å². The van der Waals surface area contributed by atoms with E-state index in [1.54, 1.807) is 29.2 Å². The summed E-state index contributed by atoms with van der Waals surface area (Å²) in [7, 11) is 0. The lowest BCUT2D eigenvalue weighted by Gasteiger charge is -2.17. The molecule has 5 nitrogen and oxygen atoms in total. The second-order valence-corrected chi connectivity index (χ2v) is 6.21. The molecule has 2 aliphatic rings. The van der Waals surface area contributed by atoms with Crippen molar-refractivity contribution in [3.63, 3.8) is 0 Å². The van der Waals surface area contributed by atoms with Gasteiger partial charge in [0.05, 0.1) is 5.92 Å². The van der Waals surface area contributed by atoms with Crippen molar-refractivity contribution in [1.82, 2.24) is 0 Å². The molecule has 126 valence electrons. The second-order valence-electron chi connectivity index (χ2n) is 6.21. The van der Waals surface area contributed by atoms with Crippen molar-refractivity contribution in [1.29, 1.82) is 0 Å². The molecule has 3 rings (SSSR count). The Bertz CT molecular complexity index is 662. The number of Topliss-reactive ketones (excluding diaryl/α,β-unsaturated/α-hetero) is 1. The lowest BCUT2D eigenvalue weighted by molar-refractivity contribution is -0.147. The number of nitrogens with zero attached hydrogens (tertiary/aromatic N) is 1. The summed E-state index contributed by atoms with van der Waals surface area (Å²) in [6.07, 6.45) is 7.83. The third kappa shape index (κ3) is 3.72. The Morgan fingerprint density at radius 2 is 1.96 bits per heavy atom. The minimum atomic E-state index is -0.299. The van der Waals surface area contributed by atoms with E-state index < -0.39 is 0 Å². The molecule has 1 fully saturated rings. The zero-order valence-electron chi connectivity index (χ0n) is 13.6. The molecule has 0 radical (unpaired) electrons. The van der Waals surface area contributed by atoms with Crippen LogP contribution in [0.15, 0.2) is 36.4 Å². The lowest BCUT2D eigenvalue weighted by atomic mass is 9.95. The first-order valence-electron chi connectivity index (χ1n) is 8.40. The topological polar surface area (TPSA) is 63.7 Å². The number of rotatable bonds is 5. The molecule has 0 saturated carbocycles. The SMILES string of the molecule is O=C(COC(=O)[C@H]1CC=CCC1)c1ccc(N2CCCC2=O)cc1. The van der Waals surface area contributed by atoms with Crippen molar-refractivity contribution in [2.75, 3.05) is 18.1 Å². The number of allylic oxidation sites excluding steroid dienone is 2. The molecule has 0 aromatic heterocycles. The predicted molar refractivity (Wildman–Crippen MR) is 89.8 cm³/mol. The van der Waals surface area contributed by atoms with Crippen LogP contribution in [0.3, 0.4) is 0 Å². The van der Waals surface area contributed by atoms with E-state index >= 15 is 0 Å². The van der Waals surface area contributed by atoms with Gasteiger partial charge in [0.25, 0.3) is 0 Å². The summed E-state index contributed by atoms with van der Waals surface area (Å²) in [6, 6.07) is 6.90. The largest absolute Gasteiger partial charge is 0.457 e. The monoisotopic (exact) mass is 327 g/mol. The van der Waals surface area contributed by atoms with Crippen molar-refractivity contribution >= 4 is 23.3 Å². The minimum Gasteiger partial charge on any atom is -0.457 e. The maximum absolute atomic E-state index is 12.2. The van der Waals surface area contributed by atoms with Gasteiger partial charge in [-0.25, -0.2) is 0 Å². The summed E-state index contributed by atoms with van der Waals surface area (Å²) < 4.78 is 5.16. The summed E-state index contributed by atoms with van der Waals surface area (Å²) in [4.78, 5) is 37.5. The lowest BCUT2D eigenvalue weighted by Crippen LogP contribution is -2.24. The second kappa shape index (κ2) is 7.43. The van der Waals surface area contributed by atoms with E-state index in [1.807, 2.05) is 6.08 Å². The van der Waals surface area contributed by atoms with Crippen LogP contribution in [0.4, 0.5) is 5.69 Å². The number of hydrogen-bond acceptors (Lipinski definition) is 4. The average molecular weight is 327 g/mol. The van der Waals surface area contributed by atoms with Crippen LogP contribution >= 0.6 is 0 Å². The third-order valence-corrected chi connectivity index (χ3v) is 4.52. The average Bonchev–Trinajstić information content (AvgIpc) is 3.06. The molecule has 1 aliphatic heterocycles. The standard InChI is InChI=1S/C19H21NO4/c21-17(13-24-19(23)15-5-2-1-3-6-15)14-8-10-16(11-9-14)20-12-4-7-18(20)22/h1-2,8-11,15H,3-7,12-13H2/t15-/m0/s1. The first-order valence-corrected chi connectivity index (χ1v) is 8.40. The van der Waals surface area contributed by atoms with Gasteiger partial charge in [0.15, 0.2) is 12.4 Å². The first kappa shape index (κ1) is 16.4. The first-order chi connectivity index (χ1) is 11.6. The van der Waals surface area contributed by atoms with E-state index in [9.17, 15) is 14.4 Å². The van der Waals surface area contributed by atoms with Gasteiger partial charge in [-0.05, 0) is 49.9 Å². The van der Waals surface area contributed by atoms with Crippen LogP contribution in [0.25, 0.3) is 0 Å². The maximum Gasteiger partial charge on any atom is 0.309 e. The summed E-state index contributed by atoms with van der Waals surface area (Å²) in [5.74, 6) is -0.545. The smallest absolute Gasteiger partial charge is 0.309 e. The molecular weight excluding hydrogens is 306 g/mol. The van der Waals surface area contributed by atoms with Crippen molar-refractivity contribution in [2.45, 2.75) is 32.1 Å². The Kier molecular flexibility index (Phi) is 5.08. The Morgan fingerprint density at radius 3 is 2.58 bits per heavy atom. The number of amides is 1. The van der Waals surface area contributed by atoms with Crippen LogP contribution < -0.4 is 4.90 Å². The highest BCUT2D eigenvalue weighted by Crippen LogP contribution is 2.22. The van der Waals surface area contributed by atoms with Crippen LogP contribution in [0.5, 0.6) is 0 Å². The molecule has 1 saturated heterocycles. The molecule has 0 unspecified atom stereocenters. The fraction of sp³-hybridized carbons (Fsp3) is 0.421. The van der Waals surface area contributed by atoms with Crippen molar-refractivity contribution in [3.8, 4) is 0 Å². The van der Waals surface area contributed by atoms with Crippen molar-refractivity contribution in [3.05, 3.63) is 42.0 Å². The highest BCUT2D eigenvalue weighted by Gasteiger charge is 2.23. The van der Waals surface area contributed by atoms with Gasteiger partial charge < -0.3 is 9.64 Å². The molecule has 24 heavy (non-hydrogen) atoms. The molecular formula is C19H21NO4. The number of carbonyl (C=O) groups excluding carboxylic acids is 3. The molecule has 0 spiro atoms. The summed E-state index contributed by atoms with van der Waals surface area (Å²) in [5.41, 5.74) is 1.29. The van der Waals surface area contributed by atoms with Gasteiger partial charge in [-0.2, -0.15) is 0 Å². The maximum atomic E-state index is 12.2. The normalized spacial score (nSPS) is 20.2. The molecule has 1 amide bonds. The highest BCUT2D eigenvalue weighted by atomic mass is 16.5. The fourth-order valence-corrected chi connectivity index (χ4v) is 3.09. The summed E-state index contributed by atoms with van der Waals surface area (Å²) in [5, 5.41) is 0. The summed E-state index contributed by atoms with van der Waals surface area (Å²) in [6.45, 7) is 0.487. The molecule has 0 bridgehead atoms.